The lowest BCUT2D eigenvalue weighted by Gasteiger charge is -2.09. The number of anilines is 1. The molecule has 0 aliphatic carbocycles. The quantitative estimate of drug-likeness (QED) is 0.904. The minimum Gasteiger partial charge on any atom is -0.389 e. The molecule has 0 aliphatic heterocycles. The van der Waals surface area contributed by atoms with Gasteiger partial charge in [-0.3, -0.25) is 4.79 Å². The lowest BCUT2D eigenvalue weighted by molar-refractivity contribution is 0.102. The van der Waals surface area contributed by atoms with Crippen molar-refractivity contribution in [2.45, 2.75) is 13.0 Å². The molecule has 3 nitrogen and oxygen atoms in total. The van der Waals surface area contributed by atoms with Crippen LogP contribution in [0.2, 0.25) is 0 Å². The monoisotopic (exact) mass is 277 g/mol. The molecule has 0 saturated carbocycles. The van der Waals surface area contributed by atoms with Crippen molar-refractivity contribution in [3.8, 4) is 0 Å². The molecular formula is C15H13F2NO2. The summed E-state index contributed by atoms with van der Waals surface area (Å²) in [6, 6.07) is 9.60. The molecule has 0 radical (unpaired) electrons. The smallest absolute Gasteiger partial charge is 0.255 e. The molecule has 0 bridgehead atoms. The fourth-order valence-electron chi connectivity index (χ4n) is 1.72. The van der Waals surface area contributed by atoms with Crippen LogP contribution in [0, 0.1) is 11.6 Å². The summed E-state index contributed by atoms with van der Waals surface area (Å²) in [6.07, 6.45) is -0.657. The average Bonchev–Trinajstić information content (AvgIpc) is 2.42. The number of nitrogens with one attached hydrogen (secondary N) is 1. The van der Waals surface area contributed by atoms with E-state index in [0.29, 0.717) is 11.3 Å². The largest absolute Gasteiger partial charge is 0.389 e. The van der Waals surface area contributed by atoms with Gasteiger partial charge in [0.25, 0.3) is 5.91 Å². The molecule has 1 amide bonds. The van der Waals surface area contributed by atoms with Gasteiger partial charge < -0.3 is 10.4 Å². The topological polar surface area (TPSA) is 49.3 Å². The van der Waals surface area contributed by atoms with Crippen LogP contribution in [0.25, 0.3) is 0 Å². The third kappa shape index (κ3) is 3.19. The van der Waals surface area contributed by atoms with Crippen molar-refractivity contribution in [3.05, 3.63) is 65.2 Å². The van der Waals surface area contributed by atoms with Crippen LogP contribution in [0.4, 0.5) is 14.5 Å². The number of hydrogen-bond acceptors (Lipinski definition) is 2. The SMILES string of the molecule is CC(O)c1cccc(NC(=O)c2ccc(F)c(F)c2)c1. The molecule has 0 spiro atoms. The molecule has 0 saturated heterocycles. The first-order valence-electron chi connectivity index (χ1n) is 6.02. The first-order chi connectivity index (χ1) is 9.47. The highest BCUT2D eigenvalue weighted by atomic mass is 19.2. The molecule has 2 aromatic carbocycles. The summed E-state index contributed by atoms with van der Waals surface area (Å²) in [5.74, 6) is -2.63. The minimum absolute atomic E-state index is 0.0198. The van der Waals surface area contributed by atoms with E-state index in [1.807, 2.05) is 0 Å². The number of aliphatic hydroxyl groups excluding tert-OH is 1. The summed E-state index contributed by atoms with van der Waals surface area (Å²) in [7, 11) is 0. The van der Waals surface area contributed by atoms with Gasteiger partial charge in [0.1, 0.15) is 0 Å². The van der Waals surface area contributed by atoms with Gasteiger partial charge in [-0.05, 0) is 42.8 Å². The van der Waals surface area contributed by atoms with Crippen LogP contribution in [0.15, 0.2) is 42.5 Å². The molecular weight excluding hydrogens is 264 g/mol. The van der Waals surface area contributed by atoms with Crippen molar-refractivity contribution in [2.75, 3.05) is 5.32 Å². The fourth-order valence-corrected chi connectivity index (χ4v) is 1.72. The number of aliphatic hydroxyl groups is 1. The first kappa shape index (κ1) is 14.1. The first-order valence-corrected chi connectivity index (χ1v) is 6.02. The predicted octanol–water partition coefficient (Wildman–Crippen LogP) is 3.27. The number of halogens is 2. The molecule has 0 aromatic heterocycles. The van der Waals surface area contributed by atoms with E-state index in [0.717, 1.165) is 12.1 Å². The molecule has 0 fully saturated rings. The second kappa shape index (κ2) is 5.79. The zero-order chi connectivity index (χ0) is 14.7. The van der Waals surface area contributed by atoms with E-state index < -0.39 is 23.6 Å². The third-order valence-corrected chi connectivity index (χ3v) is 2.81. The molecule has 5 heteroatoms. The molecule has 20 heavy (non-hydrogen) atoms. The third-order valence-electron chi connectivity index (χ3n) is 2.81. The molecule has 1 unspecified atom stereocenters. The molecule has 104 valence electrons. The van der Waals surface area contributed by atoms with Crippen molar-refractivity contribution in [1.29, 1.82) is 0 Å². The Labute approximate surface area is 114 Å². The van der Waals surface area contributed by atoms with Crippen LogP contribution in [-0.4, -0.2) is 11.0 Å². The van der Waals surface area contributed by atoms with Gasteiger partial charge in [-0.2, -0.15) is 0 Å². The summed E-state index contributed by atoms with van der Waals surface area (Å²) in [4.78, 5) is 11.9. The van der Waals surface area contributed by atoms with Crippen LogP contribution in [-0.2, 0) is 0 Å². The second-order valence-corrected chi connectivity index (χ2v) is 4.38. The van der Waals surface area contributed by atoms with Gasteiger partial charge in [-0.15, -0.1) is 0 Å². The molecule has 1 atom stereocenters. The van der Waals surface area contributed by atoms with Gasteiger partial charge >= 0.3 is 0 Å². The summed E-state index contributed by atoms with van der Waals surface area (Å²) in [6.45, 7) is 1.61. The Morgan fingerprint density at radius 3 is 2.55 bits per heavy atom. The van der Waals surface area contributed by atoms with Gasteiger partial charge in [-0.25, -0.2) is 8.78 Å². The van der Waals surface area contributed by atoms with Gasteiger partial charge in [0.05, 0.1) is 6.10 Å². The highest BCUT2D eigenvalue weighted by molar-refractivity contribution is 6.04. The van der Waals surface area contributed by atoms with Crippen molar-refractivity contribution in [2.24, 2.45) is 0 Å². The number of benzene rings is 2. The second-order valence-electron chi connectivity index (χ2n) is 4.38. The maximum absolute atomic E-state index is 13.1. The Morgan fingerprint density at radius 2 is 1.90 bits per heavy atom. The molecule has 2 rings (SSSR count). The number of amides is 1. The Bertz CT molecular complexity index is 642. The van der Waals surface area contributed by atoms with Crippen LogP contribution in [0.1, 0.15) is 28.9 Å². The Hall–Kier alpha value is -2.27. The Balaban J connectivity index is 2.19. The van der Waals surface area contributed by atoms with E-state index in [4.69, 9.17) is 0 Å². The lowest BCUT2D eigenvalue weighted by atomic mass is 10.1. The molecule has 0 aliphatic rings. The summed E-state index contributed by atoms with van der Waals surface area (Å²) < 4.78 is 25.9. The van der Waals surface area contributed by atoms with Gasteiger partial charge in [0.15, 0.2) is 11.6 Å². The van der Waals surface area contributed by atoms with Gasteiger partial charge in [0.2, 0.25) is 0 Å². The van der Waals surface area contributed by atoms with E-state index in [-0.39, 0.29) is 5.56 Å². The predicted molar refractivity (Wildman–Crippen MR) is 71.4 cm³/mol. The zero-order valence-corrected chi connectivity index (χ0v) is 10.7. The van der Waals surface area contributed by atoms with Crippen LogP contribution in [0.3, 0.4) is 0 Å². The van der Waals surface area contributed by atoms with Crippen LogP contribution in [0.5, 0.6) is 0 Å². The van der Waals surface area contributed by atoms with Crippen molar-refractivity contribution in [1.82, 2.24) is 0 Å². The van der Waals surface area contributed by atoms with Crippen LogP contribution >= 0.6 is 0 Å². The van der Waals surface area contributed by atoms with Crippen molar-refractivity contribution in [3.63, 3.8) is 0 Å². The van der Waals surface area contributed by atoms with Crippen molar-refractivity contribution >= 4 is 11.6 Å². The average molecular weight is 277 g/mol. The van der Waals surface area contributed by atoms with E-state index in [9.17, 15) is 18.7 Å². The summed E-state index contributed by atoms with van der Waals surface area (Å²) >= 11 is 0. The summed E-state index contributed by atoms with van der Waals surface area (Å²) in [5, 5.41) is 12.0. The molecule has 2 N–H and O–H groups in total. The number of rotatable bonds is 3. The van der Waals surface area contributed by atoms with E-state index in [1.165, 1.54) is 6.07 Å². The summed E-state index contributed by atoms with van der Waals surface area (Å²) in [5.41, 5.74) is 1.14. The normalized spacial score (nSPS) is 12.0. The van der Waals surface area contributed by atoms with E-state index >= 15 is 0 Å². The highest BCUT2D eigenvalue weighted by Gasteiger charge is 2.10. The number of carbonyl (C=O) groups is 1. The lowest BCUT2D eigenvalue weighted by Crippen LogP contribution is -2.12. The Kier molecular flexibility index (Phi) is 4.10. The Morgan fingerprint density at radius 1 is 1.15 bits per heavy atom. The van der Waals surface area contributed by atoms with E-state index in [2.05, 4.69) is 5.32 Å². The zero-order valence-electron chi connectivity index (χ0n) is 10.7. The van der Waals surface area contributed by atoms with E-state index in [1.54, 1.807) is 31.2 Å². The maximum Gasteiger partial charge on any atom is 0.255 e. The van der Waals surface area contributed by atoms with Gasteiger partial charge in [0, 0.05) is 11.3 Å². The number of hydrogen-bond donors (Lipinski definition) is 2. The highest BCUT2D eigenvalue weighted by Crippen LogP contribution is 2.18. The van der Waals surface area contributed by atoms with Gasteiger partial charge in [-0.1, -0.05) is 12.1 Å². The molecule has 0 heterocycles. The van der Waals surface area contributed by atoms with Crippen molar-refractivity contribution < 1.29 is 18.7 Å². The number of carbonyl (C=O) groups excluding carboxylic acids is 1. The molecule has 2 aromatic rings. The minimum atomic E-state index is -1.07. The fraction of sp³-hybridized carbons (Fsp3) is 0.133. The standard InChI is InChI=1S/C15H13F2NO2/c1-9(19)10-3-2-4-12(7-10)18-15(20)11-5-6-13(16)14(17)8-11/h2-9,19H,1H3,(H,18,20). The van der Waals surface area contributed by atoms with Crippen LogP contribution < -0.4 is 5.32 Å². The maximum atomic E-state index is 13.1.